The zero-order valence-electron chi connectivity index (χ0n) is 5.80. The first kappa shape index (κ1) is 8.02. The molecule has 54 valence electrons. The highest BCUT2D eigenvalue weighted by molar-refractivity contribution is 9.09. The molecule has 0 spiro atoms. The normalized spacial score (nSPS) is 11.0. The Labute approximate surface area is 73.7 Å². The molecule has 0 aliphatic carbocycles. The van der Waals surface area contributed by atoms with Crippen LogP contribution >= 0.6 is 27.3 Å². The van der Waals surface area contributed by atoms with Crippen LogP contribution in [0, 0.1) is 6.92 Å². The van der Waals surface area contributed by atoms with Crippen molar-refractivity contribution in [1.82, 2.24) is 0 Å². The SMILES string of the molecule is Cc1ccc(C=CCBr)s1. The summed E-state index contributed by atoms with van der Waals surface area (Å²) in [5, 5.41) is 0.934. The average molecular weight is 217 g/mol. The van der Waals surface area contributed by atoms with Gasteiger partial charge in [-0.1, -0.05) is 22.0 Å². The minimum Gasteiger partial charge on any atom is -0.141 e. The molecule has 10 heavy (non-hydrogen) atoms. The Hall–Kier alpha value is -0.0800. The van der Waals surface area contributed by atoms with Crippen molar-refractivity contribution in [1.29, 1.82) is 0 Å². The molecular formula is C8H9BrS. The van der Waals surface area contributed by atoms with Crippen molar-refractivity contribution in [3.05, 3.63) is 28.0 Å². The Kier molecular flexibility index (Phi) is 3.16. The molecule has 0 unspecified atom stereocenters. The number of aryl methyl sites for hydroxylation is 1. The summed E-state index contributed by atoms with van der Waals surface area (Å²) < 4.78 is 0. The molecule has 1 rings (SSSR count). The molecule has 0 radical (unpaired) electrons. The van der Waals surface area contributed by atoms with E-state index < -0.39 is 0 Å². The van der Waals surface area contributed by atoms with Crippen LogP contribution in [0.4, 0.5) is 0 Å². The van der Waals surface area contributed by atoms with Gasteiger partial charge in [-0.05, 0) is 25.1 Å². The van der Waals surface area contributed by atoms with Crippen LogP contribution in [0.1, 0.15) is 9.75 Å². The maximum Gasteiger partial charge on any atom is 0.0270 e. The topological polar surface area (TPSA) is 0 Å². The van der Waals surface area contributed by atoms with Gasteiger partial charge in [-0.15, -0.1) is 11.3 Å². The van der Waals surface area contributed by atoms with E-state index in [1.54, 1.807) is 0 Å². The molecule has 0 aliphatic rings. The van der Waals surface area contributed by atoms with Crippen LogP contribution in [0.25, 0.3) is 6.08 Å². The molecule has 0 N–H and O–H groups in total. The van der Waals surface area contributed by atoms with Gasteiger partial charge in [-0.2, -0.15) is 0 Å². The standard InChI is InChI=1S/C8H9BrS/c1-7-4-5-8(10-7)3-2-6-9/h2-5H,6H2,1H3. The number of thiophene rings is 1. The Bertz CT molecular complexity index is 225. The van der Waals surface area contributed by atoms with E-state index in [0.29, 0.717) is 0 Å². The number of alkyl halides is 1. The lowest BCUT2D eigenvalue weighted by Crippen LogP contribution is -1.57. The highest BCUT2D eigenvalue weighted by Gasteiger charge is 1.88. The van der Waals surface area contributed by atoms with Crippen LogP contribution in [0.15, 0.2) is 18.2 Å². The first-order valence-corrected chi connectivity index (χ1v) is 5.05. The van der Waals surface area contributed by atoms with E-state index in [9.17, 15) is 0 Å². The lowest BCUT2D eigenvalue weighted by Gasteiger charge is -1.79. The summed E-state index contributed by atoms with van der Waals surface area (Å²) >= 11 is 5.15. The van der Waals surface area contributed by atoms with E-state index in [-0.39, 0.29) is 0 Å². The predicted octanol–water partition coefficient (Wildman–Crippen LogP) is 3.46. The fourth-order valence-corrected chi connectivity index (χ4v) is 1.70. The average Bonchev–Trinajstić information content (AvgIpc) is 2.31. The highest BCUT2D eigenvalue weighted by Crippen LogP contribution is 2.16. The van der Waals surface area contributed by atoms with Crippen LogP contribution in [-0.4, -0.2) is 5.33 Å². The molecule has 0 aromatic carbocycles. The van der Waals surface area contributed by atoms with Gasteiger partial charge in [0.15, 0.2) is 0 Å². The second kappa shape index (κ2) is 3.94. The zero-order chi connectivity index (χ0) is 7.40. The van der Waals surface area contributed by atoms with Gasteiger partial charge in [0, 0.05) is 15.1 Å². The van der Waals surface area contributed by atoms with E-state index in [1.165, 1.54) is 9.75 Å². The Balaban J connectivity index is 2.67. The highest BCUT2D eigenvalue weighted by atomic mass is 79.9. The molecule has 0 atom stereocenters. The van der Waals surface area contributed by atoms with Gasteiger partial charge in [0.25, 0.3) is 0 Å². The number of hydrogen-bond donors (Lipinski definition) is 0. The smallest absolute Gasteiger partial charge is 0.0270 e. The van der Waals surface area contributed by atoms with Gasteiger partial charge in [0.05, 0.1) is 0 Å². The molecule has 1 aromatic rings. The van der Waals surface area contributed by atoms with Crippen molar-refractivity contribution in [2.75, 3.05) is 5.33 Å². The van der Waals surface area contributed by atoms with Gasteiger partial charge < -0.3 is 0 Å². The molecule has 0 saturated heterocycles. The minimum absolute atomic E-state index is 0.934. The molecule has 0 amide bonds. The number of rotatable bonds is 2. The lowest BCUT2D eigenvalue weighted by atomic mass is 10.4. The molecule has 0 aliphatic heterocycles. The van der Waals surface area contributed by atoms with E-state index in [2.05, 4.69) is 47.1 Å². The van der Waals surface area contributed by atoms with Crippen molar-refractivity contribution in [3.63, 3.8) is 0 Å². The Morgan fingerprint density at radius 2 is 2.40 bits per heavy atom. The lowest BCUT2D eigenvalue weighted by molar-refractivity contribution is 1.64. The minimum atomic E-state index is 0.934. The van der Waals surface area contributed by atoms with Gasteiger partial charge in [0.2, 0.25) is 0 Å². The number of hydrogen-bond acceptors (Lipinski definition) is 1. The van der Waals surface area contributed by atoms with Crippen molar-refractivity contribution in [2.24, 2.45) is 0 Å². The number of allylic oxidation sites excluding steroid dienone is 1. The quantitative estimate of drug-likeness (QED) is 0.665. The van der Waals surface area contributed by atoms with E-state index in [0.717, 1.165) is 5.33 Å². The molecule has 0 bridgehead atoms. The maximum absolute atomic E-state index is 3.33. The van der Waals surface area contributed by atoms with Crippen LogP contribution in [0.2, 0.25) is 0 Å². The first-order chi connectivity index (χ1) is 4.83. The second-order valence-electron chi connectivity index (χ2n) is 2.01. The monoisotopic (exact) mass is 216 g/mol. The van der Waals surface area contributed by atoms with Crippen LogP contribution < -0.4 is 0 Å². The molecule has 1 heterocycles. The summed E-state index contributed by atoms with van der Waals surface area (Å²) in [6.45, 7) is 2.12. The van der Waals surface area contributed by atoms with Crippen LogP contribution in [-0.2, 0) is 0 Å². The Morgan fingerprint density at radius 1 is 1.60 bits per heavy atom. The summed E-state index contributed by atoms with van der Waals surface area (Å²) in [7, 11) is 0. The van der Waals surface area contributed by atoms with Crippen molar-refractivity contribution in [3.8, 4) is 0 Å². The summed E-state index contributed by atoms with van der Waals surface area (Å²) in [4.78, 5) is 2.70. The summed E-state index contributed by atoms with van der Waals surface area (Å²) in [6, 6.07) is 4.28. The predicted molar refractivity (Wildman–Crippen MR) is 51.9 cm³/mol. The van der Waals surface area contributed by atoms with Gasteiger partial charge in [-0.3, -0.25) is 0 Å². The van der Waals surface area contributed by atoms with Gasteiger partial charge in [-0.25, -0.2) is 0 Å². The molecule has 2 heteroatoms. The van der Waals surface area contributed by atoms with Gasteiger partial charge in [0.1, 0.15) is 0 Å². The third-order valence-electron chi connectivity index (χ3n) is 1.13. The van der Waals surface area contributed by atoms with E-state index >= 15 is 0 Å². The first-order valence-electron chi connectivity index (χ1n) is 3.12. The Morgan fingerprint density at radius 3 is 2.90 bits per heavy atom. The molecular weight excluding hydrogens is 208 g/mol. The van der Waals surface area contributed by atoms with E-state index in [1.807, 2.05) is 11.3 Å². The summed E-state index contributed by atoms with van der Waals surface area (Å²) in [6.07, 6.45) is 4.23. The third kappa shape index (κ3) is 2.27. The molecule has 0 saturated carbocycles. The largest absolute Gasteiger partial charge is 0.141 e. The molecule has 0 nitrogen and oxygen atoms in total. The molecule has 1 aromatic heterocycles. The van der Waals surface area contributed by atoms with E-state index in [4.69, 9.17) is 0 Å². The fraction of sp³-hybridized carbons (Fsp3) is 0.250. The van der Waals surface area contributed by atoms with Crippen molar-refractivity contribution >= 4 is 33.3 Å². The fourth-order valence-electron chi connectivity index (χ4n) is 0.704. The summed E-state index contributed by atoms with van der Waals surface area (Å²) in [5.74, 6) is 0. The van der Waals surface area contributed by atoms with Crippen molar-refractivity contribution in [2.45, 2.75) is 6.92 Å². The zero-order valence-corrected chi connectivity index (χ0v) is 8.21. The van der Waals surface area contributed by atoms with Crippen LogP contribution in [0.3, 0.4) is 0 Å². The third-order valence-corrected chi connectivity index (χ3v) is 2.47. The number of halogens is 1. The van der Waals surface area contributed by atoms with Crippen molar-refractivity contribution < 1.29 is 0 Å². The molecule has 0 fully saturated rings. The maximum atomic E-state index is 3.33. The second-order valence-corrected chi connectivity index (χ2v) is 3.97. The van der Waals surface area contributed by atoms with Crippen LogP contribution in [0.5, 0.6) is 0 Å². The van der Waals surface area contributed by atoms with Gasteiger partial charge >= 0.3 is 0 Å². The summed E-state index contributed by atoms with van der Waals surface area (Å²) in [5.41, 5.74) is 0.